The van der Waals surface area contributed by atoms with Crippen LogP contribution in [-0.4, -0.2) is 28.3 Å². The minimum atomic E-state index is -0.893. The van der Waals surface area contributed by atoms with Crippen LogP contribution in [0, 0.1) is 5.92 Å². The van der Waals surface area contributed by atoms with Crippen LogP contribution in [0.4, 0.5) is 4.79 Å². The van der Waals surface area contributed by atoms with Crippen molar-refractivity contribution in [1.82, 2.24) is 10.2 Å². The molecule has 5 nitrogen and oxygen atoms in total. The third-order valence-electron chi connectivity index (χ3n) is 3.69. The van der Waals surface area contributed by atoms with Crippen LogP contribution in [0.3, 0.4) is 0 Å². The number of nitrogens with one attached hydrogen (secondary N) is 1. The molecule has 2 aliphatic rings. The van der Waals surface area contributed by atoms with E-state index in [9.17, 15) is 14.4 Å². The number of urea groups is 1. The van der Waals surface area contributed by atoms with Crippen LogP contribution in [0.1, 0.15) is 39.5 Å². The number of nitrogens with zero attached hydrogens (tertiary/aromatic N) is 1. The minimum absolute atomic E-state index is 0.306. The lowest BCUT2D eigenvalue weighted by Gasteiger charge is -2.38. The zero-order chi connectivity index (χ0) is 11.9. The number of amides is 4. The molecule has 0 bridgehead atoms. The normalized spacial score (nSPS) is 34.4. The van der Waals surface area contributed by atoms with E-state index in [4.69, 9.17) is 0 Å². The first-order valence-electron chi connectivity index (χ1n) is 5.63. The Morgan fingerprint density at radius 2 is 1.94 bits per heavy atom. The smallest absolute Gasteiger partial charge is 0.275 e. The Hall–Kier alpha value is -1.39. The molecule has 0 radical (unpaired) electrons. The molecule has 1 saturated heterocycles. The zero-order valence-corrected chi connectivity index (χ0v) is 9.58. The fraction of sp³-hybridized carbons (Fsp3) is 0.727. The SMILES string of the molecule is CC(=O)N1C(=O)NC(=O)C12CCC(C)CC2. The molecule has 1 aliphatic carbocycles. The summed E-state index contributed by atoms with van der Waals surface area (Å²) in [6.45, 7) is 3.46. The van der Waals surface area contributed by atoms with E-state index in [1.165, 1.54) is 6.92 Å². The average Bonchev–Trinajstić information content (AvgIpc) is 2.43. The van der Waals surface area contributed by atoms with Crippen molar-refractivity contribution in [2.45, 2.75) is 45.1 Å². The van der Waals surface area contributed by atoms with Crippen LogP contribution in [0.15, 0.2) is 0 Å². The second-order valence-corrected chi connectivity index (χ2v) is 4.83. The van der Waals surface area contributed by atoms with Gasteiger partial charge in [0.05, 0.1) is 0 Å². The largest absolute Gasteiger partial charge is 0.331 e. The lowest BCUT2D eigenvalue weighted by atomic mass is 9.76. The van der Waals surface area contributed by atoms with Crippen molar-refractivity contribution in [3.63, 3.8) is 0 Å². The van der Waals surface area contributed by atoms with Crippen molar-refractivity contribution in [2.75, 3.05) is 0 Å². The van der Waals surface area contributed by atoms with E-state index in [-0.39, 0.29) is 11.8 Å². The first kappa shape index (κ1) is 11.1. The molecule has 1 heterocycles. The van der Waals surface area contributed by atoms with Gasteiger partial charge in [0.1, 0.15) is 5.54 Å². The molecule has 1 aliphatic heterocycles. The maximum Gasteiger partial charge on any atom is 0.331 e. The summed E-state index contributed by atoms with van der Waals surface area (Å²) in [5, 5.41) is 2.25. The number of hydrogen-bond acceptors (Lipinski definition) is 3. The lowest BCUT2D eigenvalue weighted by Crippen LogP contribution is -2.53. The number of imide groups is 2. The van der Waals surface area contributed by atoms with Crippen LogP contribution in [-0.2, 0) is 9.59 Å². The second-order valence-electron chi connectivity index (χ2n) is 4.83. The van der Waals surface area contributed by atoms with Crippen LogP contribution >= 0.6 is 0 Å². The van der Waals surface area contributed by atoms with E-state index in [1.54, 1.807) is 0 Å². The predicted molar refractivity (Wildman–Crippen MR) is 56.4 cm³/mol. The molecule has 0 atom stereocenters. The Labute approximate surface area is 94.2 Å². The lowest BCUT2D eigenvalue weighted by molar-refractivity contribution is -0.139. The van der Waals surface area contributed by atoms with Gasteiger partial charge < -0.3 is 0 Å². The molecule has 1 saturated carbocycles. The summed E-state index contributed by atoms with van der Waals surface area (Å²) in [4.78, 5) is 36.0. The van der Waals surface area contributed by atoms with Gasteiger partial charge in [0.15, 0.2) is 0 Å². The number of carbonyl (C=O) groups excluding carboxylic acids is 3. The fourth-order valence-electron chi connectivity index (χ4n) is 2.70. The third-order valence-corrected chi connectivity index (χ3v) is 3.69. The molecular formula is C11H16N2O3. The number of carbonyl (C=O) groups is 3. The Morgan fingerprint density at radius 1 is 1.38 bits per heavy atom. The summed E-state index contributed by atoms with van der Waals surface area (Å²) in [5.74, 6) is -0.0968. The summed E-state index contributed by atoms with van der Waals surface area (Å²) >= 11 is 0. The molecular weight excluding hydrogens is 208 g/mol. The Balaban J connectivity index is 2.32. The number of rotatable bonds is 0. The molecule has 0 aromatic carbocycles. The van der Waals surface area contributed by atoms with E-state index < -0.39 is 11.6 Å². The summed E-state index contributed by atoms with van der Waals surface area (Å²) in [6, 6.07) is -0.563. The molecule has 5 heteroatoms. The van der Waals surface area contributed by atoms with Gasteiger partial charge >= 0.3 is 6.03 Å². The molecule has 16 heavy (non-hydrogen) atoms. The van der Waals surface area contributed by atoms with Crippen molar-refractivity contribution in [1.29, 1.82) is 0 Å². The van der Waals surface area contributed by atoms with Gasteiger partial charge in [-0.1, -0.05) is 6.92 Å². The quantitative estimate of drug-likeness (QED) is 0.625. The summed E-state index contributed by atoms with van der Waals surface area (Å²) < 4.78 is 0. The van der Waals surface area contributed by atoms with Crippen molar-refractivity contribution < 1.29 is 14.4 Å². The average molecular weight is 224 g/mol. The maximum atomic E-state index is 11.9. The van der Waals surface area contributed by atoms with Gasteiger partial charge in [0, 0.05) is 6.92 Å². The summed E-state index contributed by atoms with van der Waals surface area (Å²) in [6.07, 6.45) is 2.94. The predicted octanol–water partition coefficient (Wildman–Crippen LogP) is 1.03. The highest BCUT2D eigenvalue weighted by atomic mass is 16.2. The van der Waals surface area contributed by atoms with Gasteiger partial charge in [-0.2, -0.15) is 0 Å². The molecule has 4 amide bonds. The standard InChI is InChI=1S/C11H16N2O3/c1-7-3-5-11(6-4-7)9(15)12-10(16)13(11)8(2)14/h7H,3-6H2,1-2H3,(H,12,15,16). The van der Waals surface area contributed by atoms with Gasteiger partial charge in [0.2, 0.25) is 5.91 Å². The highest BCUT2D eigenvalue weighted by Crippen LogP contribution is 2.39. The molecule has 0 aromatic heterocycles. The first-order valence-corrected chi connectivity index (χ1v) is 5.63. The monoisotopic (exact) mass is 224 g/mol. The van der Waals surface area contributed by atoms with Crippen molar-refractivity contribution in [3.8, 4) is 0 Å². The van der Waals surface area contributed by atoms with Crippen molar-refractivity contribution >= 4 is 17.8 Å². The van der Waals surface area contributed by atoms with E-state index in [0.29, 0.717) is 18.8 Å². The highest BCUT2D eigenvalue weighted by Gasteiger charge is 2.55. The van der Waals surface area contributed by atoms with Gasteiger partial charge in [-0.15, -0.1) is 0 Å². The Morgan fingerprint density at radius 3 is 2.44 bits per heavy atom. The Bertz CT molecular complexity index is 356. The van der Waals surface area contributed by atoms with Crippen LogP contribution < -0.4 is 5.32 Å². The molecule has 88 valence electrons. The molecule has 2 rings (SSSR count). The molecule has 0 unspecified atom stereocenters. The van der Waals surface area contributed by atoms with Gasteiger partial charge in [0.25, 0.3) is 5.91 Å². The second kappa shape index (κ2) is 3.57. The van der Waals surface area contributed by atoms with E-state index in [0.717, 1.165) is 17.7 Å². The molecule has 1 N–H and O–H groups in total. The minimum Gasteiger partial charge on any atom is -0.275 e. The van der Waals surface area contributed by atoms with E-state index >= 15 is 0 Å². The fourth-order valence-corrected chi connectivity index (χ4v) is 2.70. The van der Waals surface area contributed by atoms with E-state index in [1.807, 2.05) is 0 Å². The van der Waals surface area contributed by atoms with Crippen LogP contribution in [0.5, 0.6) is 0 Å². The molecule has 2 fully saturated rings. The van der Waals surface area contributed by atoms with E-state index in [2.05, 4.69) is 12.2 Å². The Kier molecular flexibility index (Phi) is 2.48. The van der Waals surface area contributed by atoms with Crippen LogP contribution in [0.2, 0.25) is 0 Å². The topological polar surface area (TPSA) is 66.5 Å². The van der Waals surface area contributed by atoms with Crippen molar-refractivity contribution in [2.24, 2.45) is 5.92 Å². The molecule has 1 spiro atoms. The molecule has 0 aromatic rings. The number of hydrogen-bond donors (Lipinski definition) is 1. The van der Waals surface area contributed by atoms with Gasteiger partial charge in [-0.3, -0.25) is 14.9 Å². The van der Waals surface area contributed by atoms with Gasteiger partial charge in [-0.05, 0) is 31.6 Å². The van der Waals surface area contributed by atoms with Gasteiger partial charge in [-0.25, -0.2) is 9.69 Å². The van der Waals surface area contributed by atoms with Crippen molar-refractivity contribution in [3.05, 3.63) is 0 Å². The summed E-state index contributed by atoms with van der Waals surface area (Å²) in [7, 11) is 0. The first-order chi connectivity index (χ1) is 7.47. The van der Waals surface area contributed by atoms with Crippen LogP contribution in [0.25, 0.3) is 0 Å². The zero-order valence-electron chi connectivity index (χ0n) is 9.58. The third kappa shape index (κ3) is 1.42. The maximum absolute atomic E-state index is 11.9. The summed E-state index contributed by atoms with van der Waals surface area (Å²) in [5.41, 5.74) is -0.893. The highest BCUT2D eigenvalue weighted by molar-refractivity contribution is 6.13.